The summed E-state index contributed by atoms with van der Waals surface area (Å²) in [5, 5.41) is 3.85. The number of rotatable bonds is 6. The first-order valence-electron chi connectivity index (χ1n) is 15.4. The van der Waals surface area contributed by atoms with Gasteiger partial charge in [0.1, 0.15) is 5.75 Å². The number of carbonyl (C=O) groups excluding carboxylic acids is 3. The van der Waals surface area contributed by atoms with Gasteiger partial charge in [0.25, 0.3) is 5.91 Å². The number of thioether (sulfide) groups is 1. The van der Waals surface area contributed by atoms with Crippen LogP contribution in [0.5, 0.6) is 5.75 Å². The Bertz CT molecular complexity index is 2160. The molecular weight excluding hydrogens is 802 g/mol. The standard InChI is InChI=1S/C34H23BrCl2F3N3O5S2/c35-14-4-7-22(48-12-23(44)41-15-5-6-20(36)21(37)10-15)17(9-14)24-25-18-11-19(28(25)49-30-29(24)50-33(47)42-30)27-26(18)31(45)43(32(27)46)16-3-1-2-13(8-16)34(38,39)40/h1-10,18-19,24-28H,11-12H2,(H,41,44)(H,42,47)/t18-,19-,24+,25-,26+,27+,28-/m1/s1. The molecule has 2 saturated carbocycles. The average molecular weight is 826 g/mol. The molecule has 16 heteroatoms. The van der Waals surface area contributed by atoms with Crippen molar-refractivity contribution in [3.63, 3.8) is 0 Å². The van der Waals surface area contributed by atoms with E-state index in [4.69, 9.17) is 27.9 Å². The van der Waals surface area contributed by atoms with Gasteiger partial charge < -0.3 is 15.0 Å². The van der Waals surface area contributed by atoms with Crippen molar-refractivity contribution in [2.24, 2.45) is 29.6 Å². The van der Waals surface area contributed by atoms with E-state index in [1.54, 1.807) is 24.3 Å². The van der Waals surface area contributed by atoms with Crippen molar-refractivity contribution in [1.29, 1.82) is 0 Å². The maximum absolute atomic E-state index is 14.1. The summed E-state index contributed by atoms with van der Waals surface area (Å²) in [6, 6.07) is 14.4. The fourth-order valence-corrected chi connectivity index (χ4v) is 11.8. The van der Waals surface area contributed by atoms with Gasteiger partial charge in [-0.05, 0) is 78.8 Å². The summed E-state index contributed by atoms with van der Waals surface area (Å²) in [7, 11) is 0. The van der Waals surface area contributed by atoms with Crippen LogP contribution in [0.2, 0.25) is 10.0 Å². The van der Waals surface area contributed by atoms with Crippen LogP contribution in [0.25, 0.3) is 0 Å². The summed E-state index contributed by atoms with van der Waals surface area (Å²) >= 11 is 18.2. The Kier molecular flexibility index (Phi) is 8.41. The largest absolute Gasteiger partial charge is 0.483 e. The number of imide groups is 1. The van der Waals surface area contributed by atoms with E-state index in [1.807, 2.05) is 6.07 Å². The highest BCUT2D eigenvalue weighted by Crippen LogP contribution is 2.69. The number of hydrogen-bond donors (Lipinski definition) is 2. The van der Waals surface area contributed by atoms with Gasteiger partial charge in [-0.3, -0.25) is 24.1 Å². The number of H-pyrrole nitrogens is 1. The molecular formula is C34H23BrCl2F3N3O5S2. The molecule has 3 heterocycles. The average Bonchev–Trinajstić information content (AvgIpc) is 3.80. The number of thiazole rings is 1. The van der Waals surface area contributed by atoms with Crippen molar-refractivity contribution < 1.29 is 32.3 Å². The lowest BCUT2D eigenvalue weighted by Gasteiger charge is -2.43. The van der Waals surface area contributed by atoms with Crippen molar-refractivity contribution in [2.45, 2.75) is 28.8 Å². The second kappa shape index (κ2) is 12.4. The number of nitrogens with zero attached hydrogens (tertiary/aromatic N) is 1. The van der Waals surface area contributed by atoms with Crippen molar-refractivity contribution in [3.05, 3.63) is 101 Å². The molecule has 1 saturated heterocycles. The molecule has 4 aromatic rings. The molecule has 4 aliphatic rings. The highest BCUT2D eigenvalue weighted by atomic mass is 79.9. The van der Waals surface area contributed by atoms with Crippen LogP contribution in [0.3, 0.4) is 0 Å². The normalized spacial score (nSPS) is 26.5. The maximum atomic E-state index is 14.1. The number of nitrogens with one attached hydrogen (secondary N) is 2. The van der Waals surface area contributed by atoms with Gasteiger partial charge in [-0.25, -0.2) is 0 Å². The fourth-order valence-electron chi connectivity index (χ4n) is 8.25. The number of amides is 3. The summed E-state index contributed by atoms with van der Waals surface area (Å²) in [6.45, 7) is -0.351. The molecule has 8 nitrogen and oxygen atoms in total. The van der Waals surface area contributed by atoms with Crippen LogP contribution >= 0.6 is 62.2 Å². The van der Waals surface area contributed by atoms with Gasteiger partial charge >= 0.3 is 11.0 Å². The Morgan fingerprint density at radius 1 is 1.00 bits per heavy atom. The Balaban J connectivity index is 1.13. The van der Waals surface area contributed by atoms with Gasteiger partial charge in [0.15, 0.2) is 6.61 Å². The van der Waals surface area contributed by atoms with Crippen LogP contribution in [0.1, 0.15) is 28.3 Å². The van der Waals surface area contributed by atoms with Crippen LogP contribution in [0, 0.1) is 29.6 Å². The van der Waals surface area contributed by atoms with Gasteiger partial charge in [0.05, 0.1) is 38.2 Å². The third-order valence-corrected chi connectivity index (χ3v) is 13.8. The number of carbonyl (C=O) groups is 3. The van der Waals surface area contributed by atoms with Gasteiger partial charge in [0.2, 0.25) is 11.8 Å². The van der Waals surface area contributed by atoms with Gasteiger partial charge in [-0.15, -0.1) is 11.8 Å². The van der Waals surface area contributed by atoms with E-state index in [1.165, 1.54) is 30.0 Å². The van der Waals surface area contributed by atoms with Crippen LogP contribution in [-0.2, 0) is 20.6 Å². The van der Waals surface area contributed by atoms with Crippen molar-refractivity contribution in [3.8, 4) is 5.75 Å². The molecule has 1 aromatic heterocycles. The molecule has 2 aliphatic carbocycles. The van der Waals surface area contributed by atoms with E-state index >= 15 is 0 Å². The first kappa shape index (κ1) is 33.8. The van der Waals surface area contributed by atoms with Gasteiger partial charge in [-0.2, -0.15) is 13.2 Å². The summed E-state index contributed by atoms with van der Waals surface area (Å²) in [5.74, 6) is -3.67. The number of halogens is 6. The highest BCUT2D eigenvalue weighted by molar-refractivity contribution is 9.10. The Morgan fingerprint density at radius 2 is 1.76 bits per heavy atom. The summed E-state index contributed by atoms with van der Waals surface area (Å²) in [6.07, 6.45) is -4.06. The van der Waals surface area contributed by atoms with E-state index in [-0.39, 0.29) is 45.2 Å². The van der Waals surface area contributed by atoms with Crippen LogP contribution in [0.15, 0.2) is 75.0 Å². The quantitative estimate of drug-likeness (QED) is 0.190. The molecule has 0 radical (unpaired) electrons. The third-order valence-electron chi connectivity index (χ3n) is 10.0. The molecule has 8 rings (SSSR count). The lowest BCUT2D eigenvalue weighted by Crippen LogP contribution is -2.42. The molecule has 2 N–H and O–H groups in total. The summed E-state index contributed by atoms with van der Waals surface area (Å²) in [4.78, 5) is 58.1. The number of hydrogen-bond acceptors (Lipinski definition) is 7. The smallest absolute Gasteiger partial charge is 0.416 e. The Morgan fingerprint density at radius 3 is 2.50 bits per heavy atom. The molecule has 258 valence electrons. The fraction of sp³-hybridized carbons (Fsp3) is 0.294. The molecule has 50 heavy (non-hydrogen) atoms. The zero-order chi connectivity index (χ0) is 35.2. The van der Waals surface area contributed by atoms with Crippen molar-refractivity contribution >= 4 is 91.3 Å². The first-order chi connectivity index (χ1) is 23.8. The maximum Gasteiger partial charge on any atom is 0.416 e. The molecule has 3 aromatic carbocycles. The number of benzene rings is 3. The van der Waals surface area contributed by atoms with E-state index in [0.29, 0.717) is 33.5 Å². The molecule has 2 bridgehead atoms. The van der Waals surface area contributed by atoms with Crippen LogP contribution < -0.4 is 19.8 Å². The molecule has 3 fully saturated rings. The zero-order valence-corrected chi connectivity index (χ0v) is 30.0. The van der Waals surface area contributed by atoms with Crippen molar-refractivity contribution in [1.82, 2.24) is 4.98 Å². The summed E-state index contributed by atoms with van der Waals surface area (Å²) in [5.41, 5.74) is 0.0933. The minimum Gasteiger partial charge on any atom is -0.483 e. The number of ether oxygens (including phenoxy) is 1. The van der Waals surface area contributed by atoms with Gasteiger partial charge in [-0.1, -0.05) is 56.5 Å². The zero-order valence-electron chi connectivity index (χ0n) is 25.3. The second-order valence-corrected chi connectivity index (χ2v) is 16.6. The topological polar surface area (TPSA) is 109 Å². The predicted molar refractivity (Wildman–Crippen MR) is 187 cm³/mol. The number of fused-ring (bicyclic) bond motifs is 9. The Hall–Kier alpha value is -3.30. The minimum absolute atomic E-state index is 0.0962. The van der Waals surface area contributed by atoms with E-state index in [9.17, 15) is 32.3 Å². The third kappa shape index (κ3) is 5.58. The summed E-state index contributed by atoms with van der Waals surface area (Å²) < 4.78 is 47.6. The number of aromatic amines is 1. The predicted octanol–water partition coefficient (Wildman–Crippen LogP) is 8.22. The van der Waals surface area contributed by atoms with Gasteiger partial charge in [0, 0.05) is 31.8 Å². The minimum atomic E-state index is -4.64. The van der Waals surface area contributed by atoms with Crippen LogP contribution in [-0.4, -0.2) is 34.6 Å². The van der Waals surface area contributed by atoms with Crippen molar-refractivity contribution in [2.75, 3.05) is 16.8 Å². The first-order valence-corrected chi connectivity index (χ1v) is 18.7. The lowest BCUT2D eigenvalue weighted by molar-refractivity contribution is -0.137. The molecule has 2 aliphatic heterocycles. The van der Waals surface area contributed by atoms with E-state index in [0.717, 1.165) is 37.7 Å². The monoisotopic (exact) mass is 823 g/mol. The molecule has 3 amide bonds. The second-order valence-electron chi connectivity index (χ2n) is 12.7. The van der Waals surface area contributed by atoms with Crippen LogP contribution in [0.4, 0.5) is 24.5 Å². The number of alkyl halides is 3. The lowest BCUT2D eigenvalue weighted by atomic mass is 9.68. The SMILES string of the molecule is O=C(COc1ccc(Br)cc1[C@@H]1c2sc(=O)[nH]c2S[C@@H]2[C@@H]3C[C@@H]([C@@H]4C(=O)N(c5cccc(C(F)(F)F)c5)C(=O)[C@@H]34)[C@H]12)Nc1ccc(Cl)c(Cl)c1. The number of aromatic nitrogens is 1. The Labute approximate surface area is 308 Å². The molecule has 0 spiro atoms. The van der Waals surface area contributed by atoms with E-state index < -0.39 is 47.2 Å². The highest BCUT2D eigenvalue weighted by Gasteiger charge is 2.70. The number of anilines is 2. The van der Waals surface area contributed by atoms with E-state index in [2.05, 4.69) is 26.2 Å². The molecule has 0 unspecified atom stereocenters. The molecule has 7 atom stereocenters.